The van der Waals surface area contributed by atoms with E-state index < -0.39 is 0 Å². The quantitative estimate of drug-likeness (QED) is 0.362. The Morgan fingerprint density at radius 3 is 2.57 bits per heavy atom. The Balaban J connectivity index is 1.39. The topological polar surface area (TPSA) is 126 Å². The highest BCUT2D eigenvalue weighted by atomic mass is 16.5. The van der Waals surface area contributed by atoms with Gasteiger partial charge in [0.15, 0.2) is 0 Å². The minimum Gasteiger partial charge on any atom is -0.497 e. The van der Waals surface area contributed by atoms with Crippen molar-refractivity contribution in [3.05, 3.63) is 66.5 Å². The molecule has 0 bridgehead atoms. The van der Waals surface area contributed by atoms with Crippen LogP contribution in [-0.2, 0) is 16.0 Å². The summed E-state index contributed by atoms with van der Waals surface area (Å²) >= 11 is 0. The van der Waals surface area contributed by atoms with Gasteiger partial charge in [-0.05, 0) is 29.7 Å². The Kier molecular flexibility index (Phi) is 7.35. The zero-order valence-corrected chi connectivity index (χ0v) is 19.6. The number of aryl methyl sites for hydroxylation is 1. The van der Waals surface area contributed by atoms with Gasteiger partial charge in [0.05, 0.1) is 19.4 Å². The zero-order valence-electron chi connectivity index (χ0n) is 19.6. The van der Waals surface area contributed by atoms with E-state index in [1.54, 1.807) is 24.4 Å². The van der Waals surface area contributed by atoms with E-state index in [0.717, 1.165) is 22.4 Å². The summed E-state index contributed by atoms with van der Waals surface area (Å²) in [4.78, 5) is 37.3. The molecule has 0 radical (unpaired) electrons. The van der Waals surface area contributed by atoms with Crippen molar-refractivity contribution in [2.45, 2.75) is 19.3 Å². The average Bonchev–Trinajstić information content (AvgIpc) is 2.87. The number of amidine groups is 1. The van der Waals surface area contributed by atoms with Crippen molar-refractivity contribution in [1.82, 2.24) is 9.97 Å². The van der Waals surface area contributed by atoms with Crippen molar-refractivity contribution in [2.24, 2.45) is 5.73 Å². The van der Waals surface area contributed by atoms with E-state index in [2.05, 4.69) is 9.97 Å². The summed E-state index contributed by atoms with van der Waals surface area (Å²) in [6.07, 6.45) is 4.42. The molecule has 1 aliphatic heterocycles. The fraction of sp³-hybridized carbons (Fsp3) is 0.269. The molecule has 1 aliphatic rings. The number of nitrogens with two attached hydrogens (primary N) is 1. The number of hydrogen-bond donors (Lipinski definition) is 2. The standard InChI is InChI=1S/C26H28N6O3/c1-35-23-7-3-6-21(13-23)32-11-10-31(17-25(32)34)26-29-15-20(16-30-26)19-5-2-4-18(12-19)8-9-22(33)14-24(27)28/h2-7,12-13,15-16H,8-11,14,17H2,1H3,(H3,27,28). The number of aromatic nitrogens is 2. The van der Waals surface area contributed by atoms with Gasteiger partial charge in [-0.15, -0.1) is 0 Å². The summed E-state index contributed by atoms with van der Waals surface area (Å²) in [5, 5.41) is 7.23. The molecule has 0 unspecified atom stereocenters. The molecule has 35 heavy (non-hydrogen) atoms. The van der Waals surface area contributed by atoms with Gasteiger partial charge in [-0.25, -0.2) is 9.97 Å². The normalized spacial score (nSPS) is 13.6. The molecular formula is C26H28N6O3. The minimum absolute atomic E-state index is 0.00863. The molecule has 0 aliphatic carbocycles. The maximum atomic E-state index is 12.8. The van der Waals surface area contributed by atoms with Crippen LogP contribution in [0.25, 0.3) is 11.1 Å². The van der Waals surface area contributed by atoms with Crippen LogP contribution in [0.15, 0.2) is 60.9 Å². The Morgan fingerprint density at radius 2 is 1.86 bits per heavy atom. The summed E-state index contributed by atoms with van der Waals surface area (Å²) in [6.45, 7) is 1.34. The highest BCUT2D eigenvalue weighted by Gasteiger charge is 2.26. The van der Waals surface area contributed by atoms with Crippen molar-refractivity contribution < 1.29 is 14.3 Å². The van der Waals surface area contributed by atoms with Gasteiger partial charge in [-0.3, -0.25) is 15.0 Å². The molecule has 0 atom stereocenters. The van der Waals surface area contributed by atoms with Gasteiger partial charge in [-0.1, -0.05) is 30.3 Å². The van der Waals surface area contributed by atoms with Crippen LogP contribution in [0, 0.1) is 5.41 Å². The SMILES string of the molecule is COc1cccc(N2CCN(c3ncc(-c4cccc(CCC(=O)CC(=N)N)c4)cn3)CC2=O)c1. The van der Waals surface area contributed by atoms with Crippen LogP contribution >= 0.6 is 0 Å². The Morgan fingerprint density at radius 1 is 1.09 bits per heavy atom. The number of nitrogens with one attached hydrogen (secondary N) is 1. The summed E-state index contributed by atoms with van der Waals surface area (Å²) in [6, 6.07) is 15.3. The van der Waals surface area contributed by atoms with E-state index in [9.17, 15) is 9.59 Å². The maximum Gasteiger partial charge on any atom is 0.246 e. The summed E-state index contributed by atoms with van der Waals surface area (Å²) in [5.74, 6) is 1.05. The number of carbonyl (C=O) groups excluding carboxylic acids is 2. The van der Waals surface area contributed by atoms with Crippen molar-refractivity contribution in [3.8, 4) is 16.9 Å². The summed E-state index contributed by atoms with van der Waals surface area (Å²) in [7, 11) is 1.61. The molecule has 180 valence electrons. The number of methoxy groups -OCH3 is 1. The van der Waals surface area contributed by atoms with Crippen molar-refractivity contribution in [3.63, 3.8) is 0 Å². The maximum absolute atomic E-state index is 12.8. The number of carbonyl (C=O) groups is 2. The third-order valence-corrected chi connectivity index (χ3v) is 5.85. The van der Waals surface area contributed by atoms with Gasteiger partial charge in [0, 0.05) is 49.2 Å². The van der Waals surface area contributed by atoms with E-state index in [4.69, 9.17) is 15.9 Å². The number of Topliss-reactive ketones (excluding diaryl/α,β-unsaturated/α-hetero) is 1. The third kappa shape index (κ3) is 6.00. The highest BCUT2D eigenvalue weighted by molar-refractivity contribution is 5.98. The Hall–Kier alpha value is -4.27. The molecule has 4 rings (SSSR count). The number of ether oxygens (including phenoxy) is 1. The zero-order chi connectivity index (χ0) is 24.8. The van der Waals surface area contributed by atoms with E-state index in [-0.39, 0.29) is 30.5 Å². The second-order valence-corrected chi connectivity index (χ2v) is 8.38. The first-order chi connectivity index (χ1) is 16.9. The molecule has 3 N–H and O–H groups in total. The summed E-state index contributed by atoms with van der Waals surface area (Å²) in [5.41, 5.74) is 8.93. The van der Waals surface area contributed by atoms with Gasteiger partial charge >= 0.3 is 0 Å². The molecule has 2 aromatic carbocycles. The fourth-order valence-corrected chi connectivity index (χ4v) is 4.02. The van der Waals surface area contributed by atoms with Crippen LogP contribution in [0.3, 0.4) is 0 Å². The monoisotopic (exact) mass is 472 g/mol. The largest absolute Gasteiger partial charge is 0.497 e. The lowest BCUT2D eigenvalue weighted by molar-refractivity contribution is -0.118. The molecule has 9 nitrogen and oxygen atoms in total. The Bertz CT molecular complexity index is 1230. The lowest BCUT2D eigenvalue weighted by Crippen LogP contribution is -2.51. The molecular weight excluding hydrogens is 444 g/mol. The molecule has 1 saturated heterocycles. The van der Waals surface area contributed by atoms with E-state index >= 15 is 0 Å². The fourth-order valence-electron chi connectivity index (χ4n) is 4.02. The van der Waals surface area contributed by atoms with Crippen LogP contribution in [0.1, 0.15) is 18.4 Å². The molecule has 1 amide bonds. The first-order valence-electron chi connectivity index (χ1n) is 11.4. The van der Waals surface area contributed by atoms with E-state index in [1.807, 2.05) is 53.4 Å². The molecule has 2 heterocycles. The van der Waals surface area contributed by atoms with Crippen LogP contribution in [0.5, 0.6) is 5.75 Å². The number of benzene rings is 2. The number of rotatable bonds is 9. The molecule has 0 spiro atoms. The Labute approximate surface area is 204 Å². The van der Waals surface area contributed by atoms with Crippen LogP contribution in [-0.4, -0.2) is 54.2 Å². The second-order valence-electron chi connectivity index (χ2n) is 8.38. The van der Waals surface area contributed by atoms with Gasteiger partial charge in [-0.2, -0.15) is 0 Å². The van der Waals surface area contributed by atoms with Crippen molar-refractivity contribution >= 4 is 29.2 Å². The third-order valence-electron chi connectivity index (χ3n) is 5.85. The lowest BCUT2D eigenvalue weighted by Gasteiger charge is -2.34. The first-order valence-corrected chi connectivity index (χ1v) is 11.4. The number of hydrogen-bond acceptors (Lipinski definition) is 7. The minimum atomic E-state index is -0.107. The van der Waals surface area contributed by atoms with Crippen molar-refractivity contribution in [2.75, 3.05) is 36.5 Å². The predicted molar refractivity (Wildman–Crippen MR) is 135 cm³/mol. The number of piperazine rings is 1. The van der Waals surface area contributed by atoms with Crippen LogP contribution < -0.4 is 20.3 Å². The summed E-state index contributed by atoms with van der Waals surface area (Å²) < 4.78 is 5.27. The average molecular weight is 473 g/mol. The smallest absolute Gasteiger partial charge is 0.246 e. The predicted octanol–water partition coefficient (Wildman–Crippen LogP) is 2.83. The molecule has 0 saturated carbocycles. The van der Waals surface area contributed by atoms with Crippen LogP contribution in [0.2, 0.25) is 0 Å². The number of ketones is 1. The molecule has 1 aromatic heterocycles. The number of nitrogens with zero attached hydrogens (tertiary/aromatic N) is 4. The highest BCUT2D eigenvalue weighted by Crippen LogP contribution is 2.25. The van der Waals surface area contributed by atoms with Gasteiger partial charge < -0.3 is 20.3 Å². The van der Waals surface area contributed by atoms with Gasteiger partial charge in [0.1, 0.15) is 18.1 Å². The van der Waals surface area contributed by atoms with E-state index in [1.165, 1.54) is 0 Å². The van der Waals surface area contributed by atoms with E-state index in [0.29, 0.717) is 37.6 Å². The van der Waals surface area contributed by atoms with Gasteiger partial charge in [0.2, 0.25) is 11.9 Å². The molecule has 1 fully saturated rings. The van der Waals surface area contributed by atoms with Crippen molar-refractivity contribution in [1.29, 1.82) is 5.41 Å². The van der Waals surface area contributed by atoms with Crippen LogP contribution in [0.4, 0.5) is 11.6 Å². The second kappa shape index (κ2) is 10.8. The molecule has 9 heteroatoms. The number of anilines is 2. The first kappa shape index (κ1) is 23.9. The van der Waals surface area contributed by atoms with Gasteiger partial charge in [0.25, 0.3) is 0 Å². The lowest BCUT2D eigenvalue weighted by atomic mass is 10.0. The number of amides is 1. The molecule has 3 aromatic rings.